The molecule has 1 fully saturated rings. The number of hydrogen-bond acceptors (Lipinski definition) is 2. The van der Waals surface area contributed by atoms with Crippen molar-refractivity contribution in [3.05, 3.63) is 34.9 Å². The van der Waals surface area contributed by atoms with E-state index in [9.17, 15) is 4.79 Å². The summed E-state index contributed by atoms with van der Waals surface area (Å²) in [6.45, 7) is 3.56. The Bertz CT molecular complexity index is 373. The molecule has 0 saturated carbocycles. The molecule has 16 heavy (non-hydrogen) atoms. The number of rotatable bonds is 3. The monoisotopic (exact) mass is 238 g/mol. The first-order chi connectivity index (χ1) is 7.66. The normalized spacial score (nSPS) is 17.6. The van der Waals surface area contributed by atoms with Gasteiger partial charge in [0.2, 0.25) is 5.91 Å². The van der Waals surface area contributed by atoms with E-state index < -0.39 is 0 Å². The van der Waals surface area contributed by atoms with Gasteiger partial charge in [0, 0.05) is 18.1 Å². The molecule has 86 valence electrons. The van der Waals surface area contributed by atoms with Gasteiger partial charge in [0.25, 0.3) is 0 Å². The molecule has 4 heteroatoms. The van der Waals surface area contributed by atoms with Crippen LogP contribution in [-0.4, -0.2) is 19.0 Å². The molecular formula is C12H15ClN2O. The summed E-state index contributed by atoms with van der Waals surface area (Å²) >= 11 is 5.81. The van der Waals surface area contributed by atoms with Crippen molar-refractivity contribution in [1.82, 2.24) is 10.6 Å². The highest BCUT2D eigenvalue weighted by molar-refractivity contribution is 6.30. The first-order valence-electron chi connectivity index (χ1n) is 5.43. The molecule has 1 aliphatic heterocycles. The minimum atomic E-state index is 0.0327. The Balaban J connectivity index is 1.94. The van der Waals surface area contributed by atoms with E-state index in [1.165, 1.54) is 0 Å². The second kappa shape index (κ2) is 4.85. The summed E-state index contributed by atoms with van der Waals surface area (Å²) in [7, 11) is 0. The quantitative estimate of drug-likeness (QED) is 0.842. The number of hydrogen-bond donors (Lipinski definition) is 2. The Morgan fingerprint density at radius 2 is 2.06 bits per heavy atom. The van der Waals surface area contributed by atoms with E-state index in [1.807, 2.05) is 31.2 Å². The molecule has 1 aromatic carbocycles. The van der Waals surface area contributed by atoms with Gasteiger partial charge in [-0.1, -0.05) is 23.7 Å². The van der Waals surface area contributed by atoms with Crippen molar-refractivity contribution >= 4 is 17.5 Å². The minimum Gasteiger partial charge on any atom is -0.349 e. The van der Waals surface area contributed by atoms with Crippen LogP contribution in [0.5, 0.6) is 0 Å². The van der Waals surface area contributed by atoms with E-state index >= 15 is 0 Å². The Morgan fingerprint density at radius 1 is 1.44 bits per heavy atom. The van der Waals surface area contributed by atoms with Crippen molar-refractivity contribution in [2.75, 3.05) is 13.1 Å². The lowest BCUT2D eigenvalue weighted by Gasteiger charge is -2.27. The van der Waals surface area contributed by atoms with Crippen LogP contribution in [0.3, 0.4) is 0 Å². The lowest BCUT2D eigenvalue weighted by atomic mass is 10.0. The molecule has 1 aromatic rings. The van der Waals surface area contributed by atoms with Gasteiger partial charge in [-0.05, 0) is 24.6 Å². The molecule has 0 aromatic heterocycles. The molecule has 2 N–H and O–H groups in total. The fourth-order valence-corrected chi connectivity index (χ4v) is 1.77. The third-order valence-electron chi connectivity index (χ3n) is 2.88. The van der Waals surface area contributed by atoms with Gasteiger partial charge in [-0.15, -0.1) is 0 Å². The number of nitrogens with one attached hydrogen (secondary N) is 2. The number of carbonyl (C=O) groups is 1. The van der Waals surface area contributed by atoms with Crippen molar-refractivity contribution in [2.24, 2.45) is 5.92 Å². The van der Waals surface area contributed by atoms with E-state index in [0.717, 1.165) is 18.7 Å². The maximum Gasteiger partial charge on any atom is 0.226 e. The zero-order valence-electron chi connectivity index (χ0n) is 9.16. The number of benzene rings is 1. The minimum absolute atomic E-state index is 0.0327. The molecule has 1 amide bonds. The summed E-state index contributed by atoms with van der Waals surface area (Å²) in [5.41, 5.74) is 1.07. The highest BCUT2D eigenvalue weighted by Crippen LogP contribution is 2.16. The summed E-state index contributed by atoms with van der Waals surface area (Å²) in [4.78, 5) is 11.7. The number of amides is 1. The molecule has 0 aliphatic carbocycles. The molecule has 0 bridgehead atoms. The van der Waals surface area contributed by atoms with Crippen LogP contribution in [0.2, 0.25) is 5.02 Å². The zero-order valence-corrected chi connectivity index (χ0v) is 9.92. The van der Waals surface area contributed by atoms with Gasteiger partial charge < -0.3 is 10.6 Å². The van der Waals surface area contributed by atoms with Crippen LogP contribution in [0.25, 0.3) is 0 Å². The molecule has 1 saturated heterocycles. The largest absolute Gasteiger partial charge is 0.349 e. The molecule has 0 spiro atoms. The van der Waals surface area contributed by atoms with Crippen LogP contribution in [0.1, 0.15) is 18.5 Å². The predicted octanol–water partition coefficient (Wildman–Crippen LogP) is 1.74. The maximum atomic E-state index is 11.7. The number of halogens is 1. The second-order valence-electron chi connectivity index (χ2n) is 4.14. The highest BCUT2D eigenvalue weighted by Gasteiger charge is 2.25. The smallest absolute Gasteiger partial charge is 0.226 e. The van der Waals surface area contributed by atoms with E-state index in [2.05, 4.69) is 10.6 Å². The Hall–Kier alpha value is -1.06. The van der Waals surface area contributed by atoms with Gasteiger partial charge in [0.05, 0.1) is 12.0 Å². The van der Waals surface area contributed by atoms with Crippen LogP contribution < -0.4 is 10.6 Å². The Kier molecular flexibility index (Phi) is 3.46. The van der Waals surface area contributed by atoms with Crippen molar-refractivity contribution in [1.29, 1.82) is 0 Å². The molecule has 1 aliphatic rings. The van der Waals surface area contributed by atoms with Gasteiger partial charge in [0.1, 0.15) is 0 Å². The standard InChI is InChI=1S/C12H15ClN2O/c1-8(9-2-4-11(13)5-3-9)15-12(16)10-6-14-7-10/h2-5,8,10,14H,6-7H2,1H3,(H,15,16)/t8-/m1/s1. The molecule has 2 rings (SSSR count). The van der Waals surface area contributed by atoms with Crippen LogP contribution in [0.15, 0.2) is 24.3 Å². The van der Waals surface area contributed by atoms with Crippen LogP contribution in [0.4, 0.5) is 0 Å². The summed E-state index contributed by atoms with van der Waals surface area (Å²) in [5.74, 6) is 0.260. The van der Waals surface area contributed by atoms with Crippen molar-refractivity contribution in [3.63, 3.8) is 0 Å². The van der Waals surface area contributed by atoms with Crippen molar-refractivity contribution in [2.45, 2.75) is 13.0 Å². The number of carbonyl (C=O) groups excluding carboxylic acids is 1. The molecule has 0 unspecified atom stereocenters. The van der Waals surface area contributed by atoms with E-state index in [-0.39, 0.29) is 17.9 Å². The van der Waals surface area contributed by atoms with E-state index in [1.54, 1.807) is 0 Å². The SMILES string of the molecule is C[C@@H](NC(=O)C1CNC1)c1ccc(Cl)cc1. The molecule has 1 heterocycles. The fraction of sp³-hybridized carbons (Fsp3) is 0.417. The van der Waals surface area contributed by atoms with Crippen LogP contribution >= 0.6 is 11.6 Å². The molecule has 3 nitrogen and oxygen atoms in total. The molecule has 1 atom stereocenters. The van der Waals surface area contributed by atoms with E-state index in [0.29, 0.717) is 5.02 Å². The average molecular weight is 239 g/mol. The van der Waals surface area contributed by atoms with Gasteiger partial charge in [0.15, 0.2) is 0 Å². The topological polar surface area (TPSA) is 41.1 Å². The molecular weight excluding hydrogens is 224 g/mol. The summed E-state index contributed by atoms with van der Waals surface area (Å²) in [6, 6.07) is 7.58. The van der Waals surface area contributed by atoms with Crippen LogP contribution in [0, 0.1) is 5.92 Å². The first kappa shape index (κ1) is 11.4. The summed E-state index contributed by atoms with van der Waals surface area (Å²) < 4.78 is 0. The fourth-order valence-electron chi connectivity index (χ4n) is 1.64. The van der Waals surface area contributed by atoms with Crippen molar-refractivity contribution in [3.8, 4) is 0 Å². The van der Waals surface area contributed by atoms with Crippen LogP contribution in [-0.2, 0) is 4.79 Å². The summed E-state index contributed by atoms with van der Waals surface area (Å²) in [6.07, 6.45) is 0. The summed E-state index contributed by atoms with van der Waals surface area (Å²) in [5, 5.41) is 6.79. The van der Waals surface area contributed by atoms with Gasteiger partial charge in [-0.25, -0.2) is 0 Å². The van der Waals surface area contributed by atoms with E-state index in [4.69, 9.17) is 11.6 Å². The predicted molar refractivity (Wildman–Crippen MR) is 64.4 cm³/mol. The Labute approximate surface area is 100 Å². The Morgan fingerprint density at radius 3 is 2.56 bits per heavy atom. The second-order valence-corrected chi connectivity index (χ2v) is 4.57. The third kappa shape index (κ3) is 2.54. The third-order valence-corrected chi connectivity index (χ3v) is 3.13. The van der Waals surface area contributed by atoms with Crippen molar-refractivity contribution < 1.29 is 4.79 Å². The van der Waals surface area contributed by atoms with Gasteiger partial charge in [-0.2, -0.15) is 0 Å². The first-order valence-corrected chi connectivity index (χ1v) is 5.81. The highest BCUT2D eigenvalue weighted by atomic mass is 35.5. The lowest BCUT2D eigenvalue weighted by Crippen LogP contribution is -2.51. The molecule has 0 radical (unpaired) electrons. The average Bonchev–Trinajstić information content (AvgIpc) is 2.15. The van der Waals surface area contributed by atoms with Gasteiger partial charge in [-0.3, -0.25) is 4.79 Å². The maximum absolute atomic E-state index is 11.7. The zero-order chi connectivity index (χ0) is 11.5. The lowest BCUT2D eigenvalue weighted by molar-refractivity contribution is -0.127. The van der Waals surface area contributed by atoms with Gasteiger partial charge >= 0.3 is 0 Å².